The van der Waals surface area contributed by atoms with Gasteiger partial charge in [0.05, 0.1) is 6.04 Å². The van der Waals surface area contributed by atoms with Gasteiger partial charge in [0.1, 0.15) is 6.67 Å². The molecule has 72 valence electrons. The zero-order valence-electron chi connectivity index (χ0n) is 8.13. The lowest BCUT2D eigenvalue weighted by atomic mass is 9.98. The molecule has 0 aliphatic carbocycles. The Labute approximate surface area is 78.8 Å². The standard InChI is InChI=1S/C11H16FN/c1-8(2)9-4-3-5-10(6-9)11(13)7-12/h3-6,8,11H,7,13H2,1-2H3. The van der Waals surface area contributed by atoms with Crippen LogP contribution in [0.2, 0.25) is 0 Å². The number of rotatable bonds is 3. The Kier molecular flexibility index (Phi) is 3.43. The first-order valence-corrected chi connectivity index (χ1v) is 4.56. The first-order chi connectivity index (χ1) is 6.15. The molecule has 1 rings (SSSR count). The van der Waals surface area contributed by atoms with Crippen LogP contribution >= 0.6 is 0 Å². The van der Waals surface area contributed by atoms with Gasteiger partial charge in [0.25, 0.3) is 0 Å². The van der Waals surface area contributed by atoms with Crippen molar-refractivity contribution in [3.05, 3.63) is 35.4 Å². The van der Waals surface area contributed by atoms with Crippen molar-refractivity contribution in [3.63, 3.8) is 0 Å². The van der Waals surface area contributed by atoms with Crippen LogP contribution in [-0.4, -0.2) is 6.67 Å². The largest absolute Gasteiger partial charge is 0.322 e. The van der Waals surface area contributed by atoms with E-state index in [4.69, 9.17) is 5.73 Å². The summed E-state index contributed by atoms with van der Waals surface area (Å²) in [5.41, 5.74) is 7.68. The van der Waals surface area contributed by atoms with Gasteiger partial charge in [-0.1, -0.05) is 38.1 Å². The Bertz CT molecular complexity index is 271. The van der Waals surface area contributed by atoms with Gasteiger partial charge >= 0.3 is 0 Å². The summed E-state index contributed by atoms with van der Waals surface area (Å²) >= 11 is 0. The van der Waals surface area contributed by atoms with Crippen molar-refractivity contribution in [3.8, 4) is 0 Å². The van der Waals surface area contributed by atoms with Crippen LogP contribution in [0.4, 0.5) is 4.39 Å². The van der Waals surface area contributed by atoms with Gasteiger partial charge in [-0.2, -0.15) is 0 Å². The highest BCUT2D eigenvalue weighted by Gasteiger charge is 2.06. The molecule has 0 saturated heterocycles. The van der Waals surface area contributed by atoms with Crippen LogP contribution in [0.1, 0.15) is 36.9 Å². The van der Waals surface area contributed by atoms with Crippen molar-refractivity contribution < 1.29 is 4.39 Å². The van der Waals surface area contributed by atoms with Crippen LogP contribution in [0.3, 0.4) is 0 Å². The maximum Gasteiger partial charge on any atom is 0.109 e. The Morgan fingerprint density at radius 1 is 1.31 bits per heavy atom. The third-order valence-electron chi connectivity index (χ3n) is 2.17. The summed E-state index contributed by atoms with van der Waals surface area (Å²) in [4.78, 5) is 0. The number of hydrogen-bond acceptors (Lipinski definition) is 1. The Hall–Kier alpha value is -0.890. The van der Waals surface area contributed by atoms with E-state index < -0.39 is 12.7 Å². The molecule has 2 heteroatoms. The molecule has 0 amide bonds. The van der Waals surface area contributed by atoms with Crippen LogP contribution in [-0.2, 0) is 0 Å². The van der Waals surface area contributed by atoms with E-state index in [-0.39, 0.29) is 0 Å². The van der Waals surface area contributed by atoms with Crippen molar-refractivity contribution in [1.82, 2.24) is 0 Å². The fourth-order valence-electron chi connectivity index (χ4n) is 1.24. The van der Waals surface area contributed by atoms with Gasteiger partial charge in [0, 0.05) is 0 Å². The molecule has 1 unspecified atom stereocenters. The fraction of sp³-hybridized carbons (Fsp3) is 0.455. The summed E-state index contributed by atoms with van der Waals surface area (Å²) in [7, 11) is 0. The molecule has 0 spiro atoms. The first-order valence-electron chi connectivity index (χ1n) is 4.56. The van der Waals surface area contributed by atoms with E-state index in [9.17, 15) is 4.39 Å². The number of nitrogens with two attached hydrogens (primary N) is 1. The maximum atomic E-state index is 12.3. The van der Waals surface area contributed by atoms with Gasteiger partial charge in [0.2, 0.25) is 0 Å². The van der Waals surface area contributed by atoms with Gasteiger partial charge in [-0.05, 0) is 17.0 Å². The zero-order chi connectivity index (χ0) is 9.84. The number of alkyl halides is 1. The molecule has 1 nitrogen and oxygen atoms in total. The highest BCUT2D eigenvalue weighted by atomic mass is 19.1. The summed E-state index contributed by atoms with van der Waals surface area (Å²) in [5.74, 6) is 0.465. The number of benzene rings is 1. The second kappa shape index (κ2) is 4.38. The monoisotopic (exact) mass is 181 g/mol. The zero-order valence-corrected chi connectivity index (χ0v) is 8.13. The summed E-state index contributed by atoms with van der Waals surface area (Å²) < 4.78 is 12.3. The van der Waals surface area contributed by atoms with E-state index in [2.05, 4.69) is 13.8 Å². The summed E-state index contributed by atoms with van der Waals surface area (Å²) in [6.07, 6.45) is 0. The average Bonchev–Trinajstić information content (AvgIpc) is 2.17. The van der Waals surface area contributed by atoms with E-state index in [1.165, 1.54) is 5.56 Å². The average molecular weight is 181 g/mol. The minimum absolute atomic E-state index is 0.465. The molecular weight excluding hydrogens is 165 g/mol. The molecule has 0 fully saturated rings. The van der Waals surface area contributed by atoms with Crippen molar-refractivity contribution >= 4 is 0 Å². The maximum absolute atomic E-state index is 12.3. The van der Waals surface area contributed by atoms with Gasteiger partial charge in [0.15, 0.2) is 0 Å². The van der Waals surface area contributed by atoms with E-state index in [0.717, 1.165) is 5.56 Å². The number of hydrogen-bond donors (Lipinski definition) is 1. The summed E-state index contributed by atoms with van der Waals surface area (Å²) in [5, 5.41) is 0. The van der Waals surface area contributed by atoms with Gasteiger partial charge in [-0.25, -0.2) is 4.39 Å². The van der Waals surface area contributed by atoms with Crippen LogP contribution in [0.15, 0.2) is 24.3 Å². The predicted molar refractivity (Wildman–Crippen MR) is 53.4 cm³/mol. The lowest BCUT2D eigenvalue weighted by Crippen LogP contribution is -2.12. The van der Waals surface area contributed by atoms with Crippen LogP contribution in [0.5, 0.6) is 0 Å². The smallest absolute Gasteiger partial charge is 0.109 e. The minimum Gasteiger partial charge on any atom is -0.322 e. The third-order valence-corrected chi connectivity index (χ3v) is 2.17. The molecule has 0 radical (unpaired) electrons. The Morgan fingerprint density at radius 2 is 1.92 bits per heavy atom. The second-order valence-electron chi connectivity index (χ2n) is 3.59. The van der Waals surface area contributed by atoms with E-state index in [1.54, 1.807) is 0 Å². The first kappa shape index (κ1) is 10.2. The SMILES string of the molecule is CC(C)c1cccc(C(N)CF)c1. The Morgan fingerprint density at radius 3 is 2.46 bits per heavy atom. The second-order valence-corrected chi connectivity index (χ2v) is 3.59. The number of halogens is 1. The minimum atomic E-state index is -0.498. The van der Waals surface area contributed by atoms with Crippen molar-refractivity contribution in [1.29, 1.82) is 0 Å². The van der Waals surface area contributed by atoms with Crippen molar-refractivity contribution in [2.75, 3.05) is 6.67 Å². The molecule has 0 aliphatic heterocycles. The molecule has 1 aromatic rings. The van der Waals surface area contributed by atoms with Crippen molar-refractivity contribution in [2.45, 2.75) is 25.8 Å². The van der Waals surface area contributed by atoms with Crippen LogP contribution in [0.25, 0.3) is 0 Å². The molecule has 0 heterocycles. The van der Waals surface area contributed by atoms with E-state index in [0.29, 0.717) is 5.92 Å². The third kappa shape index (κ3) is 2.52. The molecule has 2 N–H and O–H groups in total. The van der Waals surface area contributed by atoms with E-state index >= 15 is 0 Å². The highest BCUT2D eigenvalue weighted by molar-refractivity contribution is 5.27. The van der Waals surface area contributed by atoms with Crippen molar-refractivity contribution in [2.24, 2.45) is 5.73 Å². The molecule has 0 bridgehead atoms. The molecule has 0 aromatic heterocycles. The Balaban J connectivity index is 2.91. The summed E-state index contributed by atoms with van der Waals surface area (Å²) in [6.45, 7) is 3.72. The van der Waals surface area contributed by atoms with Crippen LogP contribution < -0.4 is 5.73 Å². The van der Waals surface area contributed by atoms with Gasteiger partial charge < -0.3 is 5.73 Å². The van der Waals surface area contributed by atoms with E-state index in [1.807, 2.05) is 24.3 Å². The predicted octanol–water partition coefficient (Wildman–Crippen LogP) is 2.78. The molecule has 0 saturated carbocycles. The quantitative estimate of drug-likeness (QED) is 0.762. The molecule has 1 atom stereocenters. The molecular formula is C11H16FN. The van der Waals surface area contributed by atoms with Gasteiger partial charge in [-0.15, -0.1) is 0 Å². The molecule has 0 aliphatic rings. The normalized spacial score (nSPS) is 13.3. The summed E-state index contributed by atoms with van der Waals surface area (Å²) in [6, 6.07) is 7.35. The lowest BCUT2D eigenvalue weighted by molar-refractivity contribution is 0.437. The topological polar surface area (TPSA) is 26.0 Å². The molecule has 1 aromatic carbocycles. The fourth-order valence-corrected chi connectivity index (χ4v) is 1.24. The lowest BCUT2D eigenvalue weighted by Gasteiger charge is -2.11. The highest BCUT2D eigenvalue weighted by Crippen LogP contribution is 2.18. The van der Waals surface area contributed by atoms with Gasteiger partial charge in [-0.3, -0.25) is 0 Å². The van der Waals surface area contributed by atoms with Crippen LogP contribution in [0, 0.1) is 0 Å². The molecule has 13 heavy (non-hydrogen) atoms.